The number of fused-ring (bicyclic) bond motifs is 4. The van der Waals surface area contributed by atoms with Gasteiger partial charge in [-0.3, -0.25) is 4.57 Å². The Morgan fingerprint density at radius 3 is 1.93 bits per heavy atom. The number of hydrogen-bond acceptors (Lipinski definition) is 7. The predicted molar refractivity (Wildman–Crippen MR) is 316 cm³/mol. The van der Waals surface area contributed by atoms with Crippen molar-refractivity contribution in [3.05, 3.63) is 247 Å². The van der Waals surface area contributed by atoms with Crippen LogP contribution in [0.25, 0.3) is 49.8 Å². The van der Waals surface area contributed by atoms with Gasteiger partial charge in [0.15, 0.2) is 14.6 Å². The number of pyridine rings is 2. The molecule has 0 spiro atoms. The second kappa shape index (κ2) is 20.6. The number of benzene rings is 5. The van der Waals surface area contributed by atoms with E-state index >= 15 is 0 Å². The highest BCUT2D eigenvalue weighted by Gasteiger charge is 2.32. The standard InChI is InChI=1S/C65H59B2N7O/c1-64(2,3)46-27-30-57-53(39-46)50-29-28-49(43-60(50)74(57)61-40-47(31-38-70-61)65(4,5)6)75-62-42-48(41-56(71-62)45-19-8-7-9-20-45)72-44-73(59-26-11-10-25-58(59)72)63-51(54-23-17-36-68-34-14-12-32-66-54)21-16-22-52(63)55-24-18-37-69-35-15-13-33-67-55/h7-43,68-69H,44H2,1-6H3/b32-12-,33-13-,34-14-,35-15-,36-17-,37-18-,54-23-,55-24-/i7D,8D,9D,19D,20D. The Balaban J connectivity index is 1.09. The summed E-state index contributed by atoms with van der Waals surface area (Å²) in [4.78, 5) is 14.4. The summed E-state index contributed by atoms with van der Waals surface area (Å²) in [5, 5.41) is 8.52. The topological polar surface area (TPSA) is 70.5 Å². The van der Waals surface area contributed by atoms with Crippen LogP contribution in [-0.2, 0) is 10.8 Å². The Morgan fingerprint density at radius 1 is 0.600 bits per heavy atom. The third-order valence-electron chi connectivity index (χ3n) is 13.5. The summed E-state index contributed by atoms with van der Waals surface area (Å²) >= 11 is 0. The van der Waals surface area contributed by atoms with E-state index in [1.54, 1.807) is 6.07 Å². The fourth-order valence-corrected chi connectivity index (χ4v) is 9.70. The number of ether oxygens (including phenoxy) is 1. The van der Waals surface area contributed by atoms with E-state index in [4.69, 9.17) is 18.8 Å². The van der Waals surface area contributed by atoms with E-state index in [1.807, 2.05) is 110 Å². The maximum atomic E-state index is 9.18. The lowest BCUT2D eigenvalue weighted by Crippen LogP contribution is -2.26. The summed E-state index contributed by atoms with van der Waals surface area (Å²) in [6.45, 7) is 13.5. The van der Waals surface area contributed by atoms with Gasteiger partial charge in [-0.15, -0.1) is 12.0 Å². The Kier molecular flexibility index (Phi) is 11.8. The Bertz CT molecular complexity index is 3930. The monoisotopic (exact) mass is 981 g/mol. The highest BCUT2D eigenvalue weighted by atomic mass is 16.5. The highest BCUT2D eigenvalue weighted by molar-refractivity contribution is 6.67. The number of hydrogen-bond donors (Lipinski definition) is 2. The molecule has 3 aromatic heterocycles. The Labute approximate surface area is 449 Å². The first kappa shape index (κ1) is 42.7. The van der Waals surface area contributed by atoms with E-state index in [0.29, 0.717) is 18.1 Å². The number of anilines is 4. The van der Waals surface area contributed by atoms with E-state index in [2.05, 4.69) is 160 Å². The van der Waals surface area contributed by atoms with Crippen LogP contribution in [0.3, 0.4) is 0 Å². The van der Waals surface area contributed by atoms with Crippen molar-refractivity contribution in [2.75, 3.05) is 16.5 Å². The molecule has 0 saturated carbocycles. The third-order valence-corrected chi connectivity index (χ3v) is 13.5. The van der Waals surface area contributed by atoms with E-state index < -0.39 is 18.1 Å². The van der Waals surface area contributed by atoms with Gasteiger partial charge in [-0.2, -0.15) is 0 Å². The second-order valence-corrected chi connectivity index (χ2v) is 20.6. The second-order valence-electron chi connectivity index (χ2n) is 20.6. The number of rotatable bonds is 8. The molecule has 0 bridgehead atoms. The molecule has 11 rings (SSSR count). The molecule has 0 fully saturated rings. The minimum Gasteiger partial charge on any atom is -0.439 e. The molecule has 2 radical (unpaired) electrons. The number of nitrogens with zero attached hydrogens (tertiary/aromatic N) is 5. The van der Waals surface area contributed by atoms with Crippen LogP contribution in [0.15, 0.2) is 225 Å². The van der Waals surface area contributed by atoms with Gasteiger partial charge in [0.1, 0.15) is 18.2 Å². The van der Waals surface area contributed by atoms with Gasteiger partial charge in [-0.25, -0.2) is 9.97 Å². The summed E-state index contributed by atoms with van der Waals surface area (Å²) in [5.41, 5.74) is 11.4. The minimum atomic E-state index is -0.487. The molecule has 366 valence electrons. The molecule has 0 amide bonds. The van der Waals surface area contributed by atoms with E-state index in [-0.39, 0.29) is 40.1 Å². The molecule has 6 heterocycles. The molecule has 8 nitrogen and oxygen atoms in total. The first-order chi connectivity index (χ1) is 38.5. The van der Waals surface area contributed by atoms with Crippen molar-refractivity contribution in [1.29, 1.82) is 0 Å². The van der Waals surface area contributed by atoms with Crippen LogP contribution in [-0.4, -0.2) is 35.8 Å². The third kappa shape index (κ3) is 10.2. The lowest BCUT2D eigenvalue weighted by molar-refractivity contribution is 0.464. The van der Waals surface area contributed by atoms with Gasteiger partial charge in [0.2, 0.25) is 5.88 Å². The molecule has 3 aliphatic rings. The van der Waals surface area contributed by atoms with Gasteiger partial charge in [-0.05, 0) is 112 Å². The molecule has 10 heteroatoms. The molecule has 0 saturated heterocycles. The van der Waals surface area contributed by atoms with Gasteiger partial charge in [-0.1, -0.05) is 143 Å². The fourth-order valence-electron chi connectivity index (χ4n) is 9.70. The quantitative estimate of drug-likeness (QED) is 0.147. The minimum absolute atomic E-state index is 0.0393. The lowest BCUT2D eigenvalue weighted by Gasteiger charge is -2.28. The van der Waals surface area contributed by atoms with Crippen molar-refractivity contribution in [3.63, 3.8) is 0 Å². The van der Waals surface area contributed by atoms with Gasteiger partial charge in [0.25, 0.3) is 0 Å². The maximum Gasteiger partial charge on any atom is 0.221 e. The van der Waals surface area contributed by atoms with Crippen LogP contribution in [0.4, 0.5) is 22.7 Å². The van der Waals surface area contributed by atoms with Gasteiger partial charge in [0, 0.05) is 59.5 Å². The average Bonchev–Trinajstić information content (AvgIpc) is 4.18. The van der Waals surface area contributed by atoms with E-state index in [9.17, 15) is 2.74 Å². The fraction of sp³-hybridized carbons (Fsp3) is 0.138. The first-order valence-electron chi connectivity index (χ1n) is 27.7. The van der Waals surface area contributed by atoms with Crippen molar-refractivity contribution in [2.45, 2.75) is 52.4 Å². The van der Waals surface area contributed by atoms with Crippen molar-refractivity contribution in [3.8, 4) is 28.7 Å². The SMILES string of the molecule is [2H]c1c([2H])c([2H])c(-c2cc(N3CN(c4c(/C5=C/C=C\N/C=C\C=C/[B]5)cccc4/C4=C/C=C\N/C=C\C=C/[B]4)c4ccccc43)cc(Oc3ccc4c5cc(C(C)(C)C)ccc5n(-c5cc(C(C)(C)C)ccn5)c4c3)n2)c([2H])c1[2H]. The molecule has 3 aliphatic heterocycles. The summed E-state index contributed by atoms with van der Waals surface area (Å²) in [5.74, 6) is 5.48. The average molecular weight is 981 g/mol. The molecule has 5 aromatic carbocycles. The summed E-state index contributed by atoms with van der Waals surface area (Å²) in [6, 6.07) is 33.0. The molecular formula is C65H59B2N7O. The van der Waals surface area contributed by atoms with Crippen LogP contribution in [0.1, 0.15) is 70.7 Å². The summed E-state index contributed by atoms with van der Waals surface area (Å²) in [6.07, 6.45) is 25.5. The van der Waals surface area contributed by atoms with Crippen molar-refractivity contribution in [1.82, 2.24) is 25.2 Å². The van der Waals surface area contributed by atoms with Crippen LogP contribution in [0, 0.1) is 0 Å². The number of para-hydroxylation sites is 3. The molecule has 2 N–H and O–H groups in total. The molecule has 0 atom stereocenters. The van der Waals surface area contributed by atoms with Gasteiger partial charge in [0.05, 0.1) is 46.3 Å². The molecule has 0 aliphatic carbocycles. The van der Waals surface area contributed by atoms with Crippen molar-refractivity contribution >= 4 is 70.1 Å². The smallest absolute Gasteiger partial charge is 0.221 e. The summed E-state index contributed by atoms with van der Waals surface area (Å²) in [7, 11) is 4.22. The molecular weight excluding hydrogens is 916 g/mol. The van der Waals surface area contributed by atoms with Crippen LogP contribution in [0.5, 0.6) is 11.6 Å². The van der Waals surface area contributed by atoms with E-state index in [0.717, 1.165) is 72.3 Å². The first-order valence-corrected chi connectivity index (χ1v) is 25.2. The Hall–Kier alpha value is -8.75. The maximum absolute atomic E-state index is 9.18. The molecule has 75 heavy (non-hydrogen) atoms. The zero-order chi connectivity index (χ0) is 55.9. The molecule has 0 unspecified atom stereocenters. The number of nitrogens with one attached hydrogen (secondary N) is 2. The van der Waals surface area contributed by atoms with Gasteiger partial charge < -0.3 is 25.2 Å². The van der Waals surface area contributed by atoms with Crippen LogP contribution in [0.2, 0.25) is 0 Å². The zero-order valence-electron chi connectivity index (χ0n) is 48.0. The van der Waals surface area contributed by atoms with E-state index in [1.165, 1.54) is 5.56 Å². The highest BCUT2D eigenvalue weighted by Crippen LogP contribution is 2.49. The number of allylic oxidation sites excluding steroid dienone is 8. The largest absolute Gasteiger partial charge is 0.439 e. The zero-order valence-corrected chi connectivity index (χ0v) is 43.0. The van der Waals surface area contributed by atoms with Crippen LogP contribution >= 0.6 is 0 Å². The Morgan fingerprint density at radius 2 is 1.25 bits per heavy atom. The number of aromatic nitrogens is 3. The summed E-state index contributed by atoms with van der Waals surface area (Å²) < 4.78 is 53.4. The predicted octanol–water partition coefficient (Wildman–Crippen LogP) is 15.3. The molecule has 8 aromatic rings. The van der Waals surface area contributed by atoms with Crippen LogP contribution < -0.4 is 25.2 Å². The van der Waals surface area contributed by atoms with Crippen molar-refractivity contribution < 1.29 is 11.6 Å². The van der Waals surface area contributed by atoms with Gasteiger partial charge >= 0.3 is 0 Å². The lowest BCUT2D eigenvalue weighted by atomic mass is 9.63. The normalized spacial score (nSPS) is 19.6. The van der Waals surface area contributed by atoms with Crippen molar-refractivity contribution in [2.24, 2.45) is 0 Å².